The van der Waals surface area contributed by atoms with E-state index in [0.29, 0.717) is 0 Å². The van der Waals surface area contributed by atoms with Gasteiger partial charge in [0.1, 0.15) is 6.33 Å². The maximum Gasteiger partial charge on any atom is 0.227 e. The van der Waals surface area contributed by atoms with E-state index in [1.165, 1.54) is 6.33 Å². The summed E-state index contributed by atoms with van der Waals surface area (Å²) in [5, 5.41) is 13.9. The molecule has 0 saturated heterocycles. The summed E-state index contributed by atoms with van der Waals surface area (Å²) >= 11 is 0. The molecule has 0 bridgehead atoms. The lowest BCUT2D eigenvalue weighted by molar-refractivity contribution is -0.120. The van der Waals surface area contributed by atoms with Gasteiger partial charge in [-0.3, -0.25) is 4.79 Å². The number of aromatic nitrogens is 4. The Balaban J connectivity index is 2.14. The fourth-order valence-corrected chi connectivity index (χ4v) is 1.91. The van der Waals surface area contributed by atoms with Crippen LogP contribution in [0.4, 0.5) is 5.69 Å². The van der Waals surface area contributed by atoms with Crippen molar-refractivity contribution < 1.29 is 4.79 Å². The zero-order valence-corrected chi connectivity index (χ0v) is 11.1. The van der Waals surface area contributed by atoms with E-state index >= 15 is 0 Å². The van der Waals surface area contributed by atoms with Gasteiger partial charge in [-0.25, -0.2) is 4.68 Å². The summed E-state index contributed by atoms with van der Waals surface area (Å²) < 4.78 is 1.55. The molecule has 0 saturated carbocycles. The van der Waals surface area contributed by atoms with Crippen molar-refractivity contribution in [3.63, 3.8) is 0 Å². The van der Waals surface area contributed by atoms with Crippen molar-refractivity contribution in [2.45, 2.75) is 26.7 Å². The quantitative estimate of drug-likeness (QED) is 0.891. The van der Waals surface area contributed by atoms with Gasteiger partial charge in [0.15, 0.2) is 0 Å². The zero-order chi connectivity index (χ0) is 13.7. The van der Waals surface area contributed by atoms with Crippen LogP contribution in [0, 0.1) is 5.92 Å². The molecular weight excluding hydrogens is 242 g/mol. The van der Waals surface area contributed by atoms with E-state index in [1.54, 1.807) is 4.68 Å². The van der Waals surface area contributed by atoms with Gasteiger partial charge in [-0.2, -0.15) is 0 Å². The standard InChI is InChI=1S/C13H17N5O/c1-3-10(4-2)13(19)15-11-6-5-7-12(8-11)18-9-14-16-17-18/h5-10H,3-4H2,1-2H3,(H,15,19). The summed E-state index contributed by atoms with van der Waals surface area (Å²) in [6, 6.07) is 7.44. The molecule has 0 aliphatic heterocycles. The van der Waals surface area contributed by atoms with Crippen LogP contribution in [0.1, 0.15) is 26.7 Å². The van der Waals surface area contributed by atoms with Crippen molar-refractivity contribution in [2.75, 3.05) is 5.32 Å². The molecule has 0 aliphatic carbocycles. The van der Waals surface area contributed by atoms with E-state index in [2.05, 4.69) is 20.8 Å². The average Bonchev–Trinajstić information content (AvgIpc) is 2.94. The molecule has 1 heterocycles. The van der Waals surface area contributed by atoms with Gasteiger partial charge in [-0.15, -0.1) is 5.10 Å². The van der Waals surface area contributed by atoms with Crippen molar-refractivity contribution in [3.05, 3.63) is 30.6 Å². The highest BCUT2D eigenvalue weighted by Crippen LogP contribution is 2.16. The Hall–Kier alpha value is -2.24. The molecule has 2 aromatic rings. The minimum atomic E-state index is 0.0525. The van der Waals surface area contributed by atoms with Crippen molar-refractivity contribution in [1.82, 2.24) is 20.2 Å². The van der Waals surface area contributed by atoms with Gasteiger partial charge in [0.2, 0.25) is 5.91 Å². The highest BCUT2D eigenvalue weighted by atomic mass is 16.1. The third-order valence-corrected chi connectivity index (χ3v) is 3.08. The van der Waals surface area contributed by atoms with Gasteiger partial charge in [-0.1, -0.05) is 19.9 Å². The number of anilines is 1. The Morgan fingerprint density at radius 2 is 2.16 bits per heavy atom. The fourth-order valence-electron chi connectivity index (χ4n) is 1.91. The largest absolute Gasteiger partial charge is 0.326 e. The number of tetrazole rings is 1. The van der Waals surface area contributed by atoms with E-state index in [0.717, 1.165) is 24.2 Å². The summed E-state index contributed by atoms with van der Waals surface area (Å²) in [5.41, 5.74) is 1.57. The molecule has 0 spiro atoms. The minimum absolute atomic E-state index is 0.0525. The lowest BCUT2D eigenvalue weighted by Crippen LogP contribution is -2.21. The molecular formula is C13H17N5O. The summed E-state index contributed by atoms with van der Waals surface area (Å²) in [4.78, 5) is 12.0. The normalized spacial score (nSPS) is 10.7. The molecule has 2 rings (SSSR count). The lowest BCUT2D eigenvalue weighted by atomic mass is 10.0. The smallest absolute Gasteiger partial charge is 0.227 e. The number of carbonyl (C=O) groups excluding carboxylic acids is 1. The van der Waals surface area contributed by atoms with Crippen molar-refractivity contribution in [3.8, 4) is 5.69 Å². The molecule has 0 radical (unpaired) electrons. The predicted molar refractivity (Wildman–Crippen MR) is 71.9 cm³/mol. The molecule has 0 unspecified atom stereocenters. The molecule has 0 fully saturated rings. The zero-order valence-electron chi connectivity index (χ0n) is 11.1. The Morgan fingerprint density at radius 3 is 2.79 bits per heavy atom. The van der Waals surface area contributed by atoms with Gasteiger partial charge < -0.3 is 5.32 Å². The number of nitrogens with zero attached hydrogens (tertiary/aromatic N) is 4. The molecule has 0 atom stereocenters. The Bertz CT molecular complexity index is 534. The van der Waals surface area contributed by atoms with Gasteiger partial charge >= 0.3 is 0 Å². The van der Waals surface area contributed by atoms with Crippen molar-refractivity contribution in [2.24, 2.45) is 5.92 Å². The molecule has 6 nitrogen and oxygen atoms in total. The second-order valence-corrected chi connectivity index (χ2v) is 4.31. The molecule has 1 aromatic carbocycles. The number of benzene rings is 1. The molecule has 19 heavy (non-hydrogen) atoms. The Morgan fingerprint density at radius 1 is 1.37 bits per heavy atom. The number of amides is 1. The number of rotatable bonds is 5. The predicted octanol–water partition coefficient (Wildman–Crippen LogP) is 2.04. The summed E-state index contributed by atoms with van der Waals surface area (Å²) in [6.45, 7) is 4.04. The first-order valence-corrected chi connectivity index (χ1v) is 6.38. The third-order valence-electron chi connectivity index (χ3n) is 3.08. The first-order chi connectivity index (χ1) is 9.24. The van der Waals surface area contributed by atoms with Crippen LogP contribution in [0.3, 0.4) is 0 Å². The number of hydrogen-bond donors (Lipinski definition) is 1. The lowest BCUT2D eigenvalue weighted by Gasteiger charge is -2.13. The SMILES string of the molecule is CCC(CC)C(=O)Nc1cccc(-n2cnnn2)c1. The molecule has 6 heteroatoms. The Labute approximate surface area is 111 Å². The summed E-state index contributed by atoms with van der Waals surface area (Å²) in [7, 11) is 0. The monoisotopic (exact) mass is 259 g/mol. The molecule has 1 aromatic heterocycles. The van der Waals surface area contributed by atoms with Crippen LogP contribution in [0.5, 0.6) is 0 Å². The molecule has 1 amide bonds. The first kappa shape index (κ1) is 13.2. The topological polar surface area (TPSA) is 72.7 Å². The van der Waals surface area contributed by atoms with Crippen LogP contribution in [0.25, 0.3) is 5.69 Å². The van der Waals surface area contributed by atoms with Gasteiger partial charge in [0.05, 0.1) is 5.69 Å². The van der Waals surface area contributed by atoms with Crippen molar-refractivity contribution >= 4 is 11.6 Å². The maximum atomic E-state index is 12.0. The second kappa shape index (κ2) is 6.08. The van der Waals surface area contributed by atoms with Crippen LogP contribution in [-0.4, -0.2) is 26.1 Å². The van der Waals surface area contributed by atoms with E-state index < -0.39 is 0 Å². The minimum Gasteiger partial charge on any atom is -0.326 e. The maximum absolute atomic E-state index is 12.0. The number of hydrogen-bond acceptors (Lipinski definition) is 4. The highest BCUT2D eigenvalue weighted by molar-refractivity contribution is 5.92. The summed E-state index contributed by atoms with van der Waals surface area (Å²) in [6.07, 6.45) is 3.20. The average molecular weight is 259 g/mol. The highest BCUT2D eigenvalue weighted by Gasteiger charge is 2.14. The second-order valence-electron chi connectivity index (χ2n) is 4.31. The van der Waals surface area contributed by atoms with Gasteiger partial charge in [0, 0.05) is 11.6 Å². The van der Waals surface area contributed by atoms with Crippen molar-refractivity contribution in [1.29, 1.82) is 0 Å². The van der Waals surface area contributed by atoms with Crippen LogP contribution >= 0.6 is 0 Å². The van der Waals surface area contributed by atoms with Gasteiger partial charge in [0.25, 0.3) is 0 Å². The van der Waals surface area contributed by atoms with Gasteiger partial charge in [-0.05, 0) is 41.5 Å². The third kappa shape index (κ3) is 3.15. The van der Waals surface area contributed by atoms with Crippen LogP contribution < -0.4 is 5.32 Å². The summed E-state index contributed by atoms with van der Waals surface area (Å²) in [5.74, 6) is 0.107. The van der Waals surface area contributed by atoms with Crippen LogP contribution in [-0.2, 0) is 4.79 Å². The van der Waals surface area contributed by atoms with Crippen LogP contribution in [0.2, 0.25) is 0 Å². The number of carbonyl (C=O) groups is 1. The first-order valence-electron chi connectivity index (χ1n) is 6.38. The van der Waals surface area contributed by atoms with E-state index in [-0.39, 0.29) is 11.8 Å². The van der Waals surface area contributed by atoms with Crippen LogP contribution in [0.15, 0.2) is 30.6 Å². The van der Waals surface area contributed by atoms with E-state index in [4.69, 9.17) is 0 Å². The fraction of sp³-hybridized carbons (Fsp3) is 0.385. The number of nitrogens with one attached hydrogen (secondary N) is 1. The van der Waals surface area contributed by atoms with E-state index in [9.17, 15) is 4.79 Å². The Kier molecular flexibility index (Phi) is 4.22. The van der Waals surface area contributed by atoms with E-state index in [1.807, 2.05) is 38.1 Å². The molecule has 100 valence electrons. The molecule has 1 N–H and O–H groups in total. The molecule has 0 aliphatic rings.